The molecule has 0 saturated heterocycles. The number of nitrogens with zero attached hydrogens (tertiary/aromatic N) is 4. The zero-order valence-electron chi connectivity index (χ0n) is 10.7. The van der Waals surface area contributed by atoms with Crippen molar-refractivity contribution in [1.29, 1.82) is 5.26 Å². The number of sulfone groups is 1. The Balaban J connectivity index is 2.09. The predicted molar refractivity (Wildman–Crippen MR) is 72.1 cm³/mol. The van der Waals surface area contributed by atoms with E-state index >= 15 is 0 Å². The molecule has 0 N–H and O–H groups in total. The highest BCUT2D eigenvalue weighted by molar-refractivity contribution is 7.91. The lowest BCUT2D eigenvalue weighted by Crippen LogP contribution is -2.13. The molecule has 2 aromatic rings. The Labute approximate surface area is 120 Å². The summed E-state index contributed by atoms with van der Waals surface area (Å²) in [4.78, 5) is 9.94. The molecule has 9 heteroatoms. The highest BCUT2D eigenvalue weighted by Gasteiger charge is 2.17. The molecular weight excluding hydrogens is 296 g/mol. The van der Waals surface area contributed by atoms with Gasteiger partial charge in [0.25, 0.3) is 0 Å². The molecule has 0 unspecified atom stereocenters. The van der Waals surface area contributed by atoms with Gasteiger partial charge in [-0.3, -0.25) is 0 Å². The predicted octanol–water partition coefficient (Wildman–Crippen LogP) is 1.14. The molecule has 0 atom stereocenters. The average Bonchev–Trinajstić information content (AvgIpc) is 2.94. The third-order valence-corrected chi connectivity index (χ3v) is 4.46. The van der Waals surface area contributed by atoms with Crippen molar-refractivity contribution in [3.05, 3.63) is 52.2 Å². The van der Waals surface area contributed by atoms with Gasteiger partial charge in [-0.05, 0) is 29.2 Å². The number of hydrogen-bond donors (Lipinski definition) is 0. The van der Waals surface area contributed by atoms with E-state index in [9.17, 15) is 18.5 Å². The summed E-state index contributed by atoms with van der Waals surface area (Å²) in [6.45, 7) is 0.0101. The molecule has 2 rings (SSSR count). The molecule has 0 amide bonds. The van der Waals surface area contributed by atoms with Gasteiger partial charge >= 0.3 is 5.82 Å². The van der Waals surface area contributed by atoms with Crippen LogP contribution in [0.15, 0.2) is 41.4 Å². The van der Waals surface area contributed by atoms with E-state index in [0.717, 1.165) is 0 Å². The number of nitro groups is 1. The molecule has 1 aromatic heterocycles. The van der Waals surface area contributed by atoms with Gasteiger partial charge < -0.3 is 10.1 Å². The molecule has 0 fully saturated rings. The minimum Gasteiger partial charge on any atom is -0.358 e. The van der Waals surface area contributed by atoms with Crippen LogP contribution in [-0.2, 0) is 16.4 Å². The number of benzene rings is 1. The van der Waals surface area contributed by atoms with Crippen LogP contribution in [0, 0.1) is 21.4 Å². The summed E-state index contributed by atoms with van der Waals surface area (Å²) in [6, 6.07) is 8.67. The van der Waals surface area contributed by atoms with E-state index in [1.807, 2.05) is 6.07 Å². The Bertz CT molecular complexity index is 803. The van der Waals surface area contributed by atoms with Gasteiger partial charge in [-0.1, -0.05) is 0 Å². The molecule has 0 spiro atoms. The maximum absolute atomic E-state index is 12.1. The van der Waals surface area contributed by atoms with Crippen molar-refractivity contribution in [2.24, 2.45) is 0 Å². The molecule has 0 aliphatic carbocycles. The number of aryl methyl sites for hydroxylation is 1. The smallest absolute Gasteiger partial charge is 0.358 e. The summed E-state index contributed by atoms with van der Waals surface area (Å²) in [5.74, 6) is -0.566. The molecule has 0 aliphatic rings. The second-order valence-electron chi connectivity index (χ2n) is 4.15. The van der Waals surface area contributed by atoms with Gasteiger partial charge in [0.15, 0.2) is 9.84 Å². The number of aromatic nitrogens is 2. The van der Waals surface area contributed by atoms with Crippen molar-refractivity contribution >= 4 is 15.7 Å². The minimum absolute atomic E-state index is 0.0101. The summed E-state index contributed by atoms with van der Waals surface area (Å²) in [5, 5.41) is 22.8. The Kier molecular flexibility index (Phi) is 4.00. The van der Waals surface area contributed by atoms with Gasteiger partial charge in [-0.25, -0.2) is 8.42 Å². The average molecular weight is 306 g/mol. The van der Waals surface area contributed by atoms with Crippen molar-refractivity contribution in [3.63, 3.8) is 0 Å². The lowest BCUT2D eigenvalue weighted by molar-refractivity contribution is -0.389. The first-order chi connectivity index (χ1) is 9.92. The third-order valence-electron chi connectivity index (χ3n) is 2.75. The maximum atomic E-state index is 12.1. The van der Waals surface area contributed by atoms with E-state index in [0.29, 0.717) is 5.56 Å². The molecular formula is C12H10N4O4S. The van der Waals surface area contributed by atoms with Crippen LogP contribution in [0.3, 0.4) is 0 Å². The summed E-state index contributed by atoms with van der Waals surface area (Å²) in [5.41, 5.74) is 0.372. The van der Waals surface area contributed by atoms with Crippen LogP contribution in [0.25, 0.3) is 0 Å². The fraction of sp³-hybridized carbons (Fsp3) is 0.167. The van der Waals surface area contributed by atoms with Crippen molar-refractivity contribution in [1.82, 2.24) is 9.78 Å². The third kappa shape index (κ3) is 3.43. The number of rotatable bonds is 5. The zero-order chi connectivity index (χ0) is 15.5. The zero-order valence-corrected chi connectivity index (χ0v) is 11.5. The molecule has 1 aromatic carbocycles. The van der Waals surface area contributed by atoms with Crippen LogP contribution in [0.5, 0.6) is 0 Å². The molecule has 108 valence electrons. The van der Waals surface area contributed by atoms with Gasteiger partial charge in [-0.15, -0.1) is 0 Å². The van der Waals surface area contributed by atoms with Gasteiger partial charge in [-0.2, -0.15) is 9.94 Å². The van der Waals surface area contributed by atoms with E-state index in [1.165, 1.54) is 41.2 Å². The van der Waals surface area contributed by atoms with E-state index in [4.69, 9.17) is 5.26 Å². The van der Waals surface area contributed by atoms with Gasteiger partial charge in [0.05, 0.1) is 46.2 Å². The topological polar surface area (TPSA) is 119 Å². The number of hydrogen-bond acceptors (Lipinski definition) is 6. The van der Waals surface area contributed by atoms with Crippen molar-refractivity contribution in [3.8, 4) is 6.07 Å². The van der Waals surface area contributed by atoms with Crippen LogP contribution in [0.1, 0.15) is 5.56 Å². The molecule has 21 heavy (non-hydrogen) atoms. The molecule has 0 aliphatic heterocycles. The summed E-state index contributed by atoms with van der Waals surface area (Å²) in [7, 11) is -3.53. The highest BCUT2D eigenvalue weighted by atomic mass is 32.2. The quantitative estimate of drug-likeness (QED) is 0.603. The van der Waals surface area contributed by atoms with Crippen LogP contribution < -0.4 is 0 Å². The van der Waals surface area contributed by atoms with Crippen LogP contribution in [0.4, 0.5) is 5.82 Å². The monoisotopic (exact) mass is 306 g/mol. The minimum atomic E-state index is -3.53. The van der Waals surface area contributed by atoms with Gasteiger partial charge in [0.1, 0.15) is 0 Å². The highest BCUT2D eigenvalue weighted by Crippen LogP contribution is 2.13. The second kappa shape index (κ2) is 5.72. The second-order valence-corrected chi connectivity index (χ2v) is 6.26. The van der Waals surface area contributed by atoms with E-state index in [1.54, 1.807) is 0 Å². The van der Waals surface area contributed by atoms with Crippen LogP contribution in [0.2, 0.25) is 0 Å². The summed E-state index contributed by atoms with van der Waals surface area (Å²) in [6.07, 6.45) is 1.35. The standard InChI is InChI=1S/C12H10N4O4S/c13-9-10-1-3-11(4-2-10)21(19,20)8-7-15-6-5-12(14-15)16(17)18/h1-6H,7-8H2. The molecule has 0 radical (unpaired) electrons. The molecule has 0 bridgehead atoms. The molecule has 8 nitrogen and oxygen atoms in total. The van der Waals surface area contributed by atoms with Crippen LogP contribution >= 0.6 is 0 Å². The molecule has 1 heterocycles. The number of nitriles is 1. The van der Waals surface area contributed by atoms with Crippen molar-refractivity contribution in [2.45, 2.75) is 11.4 Å². The largest absolute Gasteiger partial charge is 0.389 e. The lowest BCUT2D eigenvalue weighted by atomic mass is 10.2. The van der Waals surface area contributed by atoms with Crippen LogP contribution in [-0.4, -0.2) is 28.9 Å². The Hall–Kier alpha value is -2.73. The van der Waals surface area contributed by atoms with E-state index in [2.05, 4.69) is 5.10 Å². The van der Waals surface area contributed by atoms with Crippen molar-refractivity contribution in [2.75, 3.05) is 5.75 Å². The van der Waals surface area contributed by atoms with Crippen molar-refractivity contribution < 1.29 is 13.3 Å². The van der Waals surface area contributed by atoms with E-state index in [-0.39, 0.29) is 23.0 Å². The van der Waals surface area contributed by atoms with Gasteiger partial charge in [0.2, 0.25) is 0 Å². The maximum Gasteiger partial charge on any atom is 0.389 e. The first kappa shape index (κ1) is 14.7. The van der Waals surface area contributed by atoms with E-state index < -0.39 is 14.8 Å². The van der Waals surface area contributed by atoms with Gasteiger partial charge in [0, 0.05) is 0 Å². The first-order valence-corrected chi connectivity index (χ1v) is 7.48. The fourth-order valence-corrected chi connectivity index (χ4v) is 2.86. The Morgan fingerprint density at radius 2 is 1.95 bits per heavy atom. The normalized spacial score (nSPS) is 11.0. The summed E-state index contributed by atoms with van der Waals surface area (Å²) >= 11 is 0. The molecule has 0 saturated carbocycles. The Morgan fingerprint density at radius 1 is 1.29 bits per heavy atom. The fourth-order valence-electron chi connectivity index (χ4n) is 1.64. The first-order valence-electron chi connectivity index (χ1n) is 5.83. The summed E-state index contributed by atoms with van der Waals surface area (Å²) < 4.78 is 25.4. The lowest BCUT2D eigenvalue weighted by Gasteiger charge is -2.03. The SMILES string of the molecule is N#Cc1ccc(S(=O)(=O)CCn2ccc([N+](=O)[O-])n2)cc1. The Morgan fingerprint density at radius 3 is 2.48 bits per heavy atom.